The van der Waals surface area contributed by atoms with Crippen molar-refractivity contribution in [1.29, 1.82) is 0 Å². The van der Waals surface area contributed by atoms with E-state index in [1.807, 2.05) is 6.07 Å². The van der Waals surface area contributed by atoms with Crippen LogP contribution in [0.25, 0.3) is 0 Å². The number of nitrogens with zero attached hydrogens (tertiary/aromatic N) is 3. The molecule has 0 aliphatic carbocycles. The van der Waals surface area contributed by atoms with Gasteiger partial charge >= 0.3 is 0 Å². The minimum absolute atomic E-state index is 0.714. The highest BCUT2D eigenvalue weighted by atomic mass is 16.5. The number of anilines is 1. The molecule has 5 nitrogen and oxygen atoms in total. The Balaban J connectivity index is 1.51. The molecule has 0 bridgehead atoms. The zero-order valence-electron chi connectivity index (χ0n) is 12.0. The van der Waals surface area contributed by atoms with Gasteiger partial charge in [-0.2, -0.15) is 0 Å². The van der Waals surface area contributed by atoms with Crippen LogP contribution >= 0.6 is 0 Å². The molecule has 0 spiro atoms. The molecule has 1 aromatic heterocycles. The van der Waals surface area contributed by atoms with Gasteiger partial charge < -0.3 is 10.1 Å². The number of nitrogens with one attached hydrogen (secondary N) is 1. The van der Waals surface area contributed by atoms with Crippen molar-refractivity contribution in [3.63, 3.8) is 0 Å². The molecule has 1 saturated heterocycles. The van der Waals surface area contributed by atoms with Gasteiger partial charge in [0.1, 0.15) is 6.33 Å². The summed E-state index contributed by atoms with van der Waals surface area (Å²) in [7, 11) is 0. The van der Waals surface area contributed by atoms with Crippen molar-refractivity contribution in [2.75, 3.05) is 31.6 Å². The van der Waals surface area contributed by atoms with E-state index in [0.717, 1.165) is 44.2 Å². The van der Waals surface area contributed by atoms with Crippen LogP contribution in [0.1, 0.15) is 11.3 Å². The first kappa shape index (κ1) is 14.0. The Morgan fingerprint density at radius 1 is 1.10 bits per heavy atom. The van der Waals surface area contributed by atoms with E-state index in [0.29, 0.717) is 6.54 Å². The molecule has 1 aliphatic heterocycles. The first-order valence-electron chi connectivity index (χ1n) is 7.28. The normalized spacial score (nSPS) is 15.8. The lowest BCUT2D eigenvalue weighted by Gasteiger charge is -2.26. The van der Waals surface area contributed by atoms with E-state index >= 15 is 0 Å². The monoisotopic (exact) mass is 284 g/mol. The molecule has 0 radical (unpaired) electrons. The van der Waals surface area contributed by atoms with Crippen LogP contribution in [-0.4, -0.2) is 41.2 Å². The lowest BCUT2D eigenvalue weighted by Crippen LogP contribution is -2.35. The van der Waals surface area contributed by atoms with Crippen LogP contribution in [-0.2, 0) is 17.8 Å². The molecule has 1 aromatic carbocycles. The molecule has 2 heterocycles. The number of hydrogen-bond acceptors (Lipinski definition) is 5. The lowest BCUT2D eigenvalue weighted by molar-refractivity contribution is 0.0342. The van der Waals surface area contributed by atoms with Gasteiger partial charge in [0.05, 0.1) is 25.5 Å². The van der Waals surface area contributed by atoms with Gasteiger partial charge in [0.25, 0.3) is 0 Å². The summed E-state index contributed by atoms with van der Waals surface area (Å²) in [6.07, 6.45) is 3.33. The van der Waals surface area contributed by atoms with Gasteiger partial charge in [-0.05, 0) is 23.8 Å². The molecule has 2 aromatic rings. The minimum Gasteiger partial charge on any atom is -0.379 e. The molecule has 0 amide bonds. The Hall–Kier alpha value is -1.98. The molecule has 3 rings (SSSR count). The highest BCUT2D eigenvalue weighted by molar-refractivity contribution is 5.44. The average Bonchev–Trinajstić information content (AvgIpc) is 2.56. The van der Waals surface area contributed by atoms with E-state index in [1.54, 1.807) is 12.5 Å². The Morgan fingerprint density at radius 2 is 1.90 bits per heavy atom. The molecule has 1 fully saturated rings. The van der Waals surface area contributed by atoms with E-state index in [4.69, 9.17) is 4.74 Å². The maximum Gasteiger partial charge on any atom is 0.115 e. The van der Waals surface area contributed by atoms with Gasteiger partial charge in [0.2, 0.25) is 0 Å². The topological polar surface area (TPSA) is 50.3 Å². The number of ether oxygens (including phenoxy) is 1. The molecule has 5 heteroatoms. The molecule has 21 heavy (non-hydrogen) atoms. The molecular formula is C16H20N4O. The third-order valence-corrected chi connectivity index (χ3v) is 3.58. The first-order chi connectivity index (χ1) is 10.4. The maximum absolute atomic E-state index is 5.37. The van der Waals surface area contributed by atoms with Gasteiger partial charge in [-0.15, -0.1) is 0 Å². The summed E-state index contributed by atoms with van der Waals surface area (Å²) in [6.45, 7) is 5.44. The predicted molar refractivity (Wildman–Crippen MR) is 81.9 cm³/mol. The molecule has 0 unspecified atom stereocenters. The van der Waals surface area contributed by atoms with Crippen molar-refractivity contribution in [3.8, 4) is 0 Å². The van der Waals surface area contributed by atoms with Gasteiger partial charge in [-0.3, -0.25) is 4.90 Å². The van der Waals surface area contributed by atoms with Crippen LogP contribution in [0.2, 0.25) is 0 Å². The van der Waals surface area contributed by atoms with Crippen molar-refractivity contribution < 1.29 is 4.74 Å². The minimum atomic E-state index is 0.714. The highest BCUT2D eigenvalue weighted by Gasteiger charge is 2.10. The standard InChI is InChI=1S/C16H20N4O/c1-3-15(18-11-16-5-6-17-13-19-16)4-2-14(1)12-20-7-9-21-10-8-20/h1-6,13,18H,7-12H2. The number of benzene rings is 1. The number of hydrogen-bond donors (Lipinski definition) is 1. The quantitative estimate of drug-likeness (QED) is 0.909. The average molecular weight is 284 g/mol. The Labute approximate surface area is 125 Å². The Morgan fingerprint density at radius 3 is 2.62 bits per heavy atom. The zero-order valence-corrected chi connectivity index (χ0v) is 12.0. The van der Waals surface area contributed by atoms with E-state index in [-0.39, 0.29) is 0 Å². The third kappa shape index (κ3) is 4.24. The molecule has 110 valence electrons. The van der Waals surface area contributed by atoms with Crippen LogP contribution in [0.4, 0.5) is 5.69 Å². The predicted octanol–water partition coefficient (Wildman–Crippen LogP) is 1.92. The Bertz CT molecular complexity index is 538. The van der Waals surface area contributed by atoms with Gasteiger partial charge in [-0.25, -0.2) is 9.97 Å². The molecule has 0 atom stereocenters. The molecular weight excluding hydrogens is 264 g/mol. The summed E-state index contributed by atoms with van der Waals surface area (Å²) >= 11 is 0. The van der Waals surface area contributed by atoms with E-state index in [9.17, 15) is 0 Å². The van der Waals surface area contributed by atoms with Crippen LogP contribution < -0.4 is 5.32 Å². The zero-order chi connectivity index (χ0) is 14.3. The SMILES string of the molecule is c1cc(CNc2ccc(CN3CCOCC3)cc2)ncn1. The summed E-state index contributed by atoms with van der Waals surface area (Å²) in [6, 6.07) is 10.5. The van der Waals surface area contributed by atoms with Gasteiger partial charge in [0.15, 0.2) is 0 Å². The fraction of sp³-hybridized carbons (Fsp3) is 0.375. The second-order valence-corrected chi connectivity index (χ2v) is 5.14. The van der Waals surface area contributed by atoms with Crippen LogP contribution in [0.15, 0.2) is 42.9 Å². The van der Waals surface area contributed by atoms with Crippen molar-refractivity contribution in [3.05, 3.63) is 54.1 Å². The molecule has 1 N–H and O–H groups in total. The van der Waals surface area contributed by atoms with Crippen molar-refractivity contribution in [2.45, 2.75) is 13.1 Å². The largest absolute Gasteiger partial charge is 0.379 e. The summed E-state index contributed by atoms with van der Waals surface area (Å²) in [5.74, 6) is 0. The van der Waals surface area contributed by atoms with Crippen LogP contribution in [0.5, 0.6) is 0 Å². The fourth-order valence-corrected chi connectivity index (χ4v) is 2.36. The van der Waals surface area contributed by atoms with Gasteiger partial charge in [0, 0.05) is 31.5 Å². The summed E-state index contributed by atoms with van der Waals surface area (Å²) < 4.78 is 5.37. The van der Waals surface area contributed by atoms with Crippen LogP contribution in [0, 0.1) is 0 Å². The number of morpholine rings is 1. The first-order valence-corrected chi connectivity index (χ1v) is 7.28. The summed E-state index contributed by atoms with van der Waals surface area (Å²) in [5, 5.41) is 3.37. The van der Waals surface area contributed by atoms with E-state index < -0.39 is 0 Å². The van der Waals surface area contributed by atoms with E-state index in [1.165, 1.54) is 5.56 Å². The second kappa shape index (κ2) is 7.15. The summed E-state index contributed by atoms with van der Waals surface area (Å²) in [4.78, 5) is 10.5. The van der Waals surface area contributed by atoms with Crippen molar-refractivity contribution in [2.24, 2.45) is 0 Å². The second-order valence-electron chi connectivity index (χ2n) is 5.14. The van der Waals surface area contributed by atoms with Crippen molar-refractivity contribution >= 4 is 5.69 Å². The number of aromatic nitrogens is 2. The van der Waals surface area contributed by atoms with Crippen LogP contribution in [0.3, 0.4) is 0 Å². The number of rotatable bonds is 5. The maximum atomic E-state index is 5.37. The van der Waals surface area contributed by atoms with Gasteiger partial charge in [-0.1, -0.05) is 12.1 Å². The fourth-order valence-electron chi connectivity index (χ4n) is 2.36. The Kier molecular flexibility index (Phi) is 4.76. The van der Waals surface area contributed by atoms with Crippen molar-refractivity contribution in [1.82, 2.24) is 14.9 Å². The highest BCUT2D eigenvalue weighted by Crippen LogP contribution is 2.13. The smallest absolute Gasteiger partial charge is 0.115 e. The third-order valence-electron chi connectivity index (χ3n) is 3.58. The molecule has 1 aliphatic rings. The van der Waals surface area contributed by atoms with E-state index in [2.05, 4.69) is 44.5 Å². The lowest BCUT2D eigenvalue weighted by atomic mass is 10.2. The molecule has 0 saturated carbocycles. The summed E-state index contributed by atoms with van der Waals surface area (Å²) in [5.41, 5.74) is 3.44.